The Morgan fingerprint density at radius 1 is 1.24 bits per heavy atom. The second-order valence-corrected chi connectivity index (χ2v) is 9.89. The monoisotopic (exact) mass is 379 g/mol. The summed E-state index contributed by atoms with van der Waals surface area (Å²) >= 11 is 1.60. The van der Waals surface area contributed by atoms with E-state index in [1.165, 1.54) is 4.88 Å². The van der Waals surface area contributed by atoms with Crippen molar-refractivity contribution in [3.05, 3.63) is 51.7 Å². The summed E-state index contributed by atoms with van der Waals surface area (Å²) in [6, 6.07) is 11.0. The lowest BCUT2D eigenvalue weighted by molar-refractivity contribution is 0.203. The summed E-state index contributed by atoms with van der Waals surface area (Å²) in [7, 11) is -3.52. The summed E-state index contributed by atoms with van der Waals surface area (Å²) in [5.74, 6) is 0. The predicted molar refractivity (Wildman–Crippen MR) is 101 cm³/mol. The van der Waals surface area contributed by atoms with E-state index in [9.17, 15) is 13.5 Å². The number of aryl methyl sites for hydroxylation is 1. The summed E-state index contributed by atoms with van der Waals surface area (Å²) < 4.78 is 28.2. The number of rotatable bonds is 6. The van der Waals surface area contributed by atoms with Crippen molar-refractivity contribution in [2.75, 3.05) is 6.54 Å². The van der Waals surface area contributed by atoms with Crippen molar-refractivity contribution in [1.29, 1.82) is 0 Å². The molecular weight excluding hydrogens is 354 g/mol. The third-order valence-electron chi connectivity index (χ3n) is 5.02. The molecule has 0 bridgehead atoms. The van der Waals surface area contributed by atoms with Gasteiger partial charge in [-0.1, -0.05) is 25.0 Å². The molecule has 0 saturated heterocycles. The van der Waals surface area contributed by atoms with Crippen LogP contribution in [0.25, 0.3) is 0 Å². The van der Waals surface area contributed by atoms with Gasteiger partial charge in [0.15, 0.2) is 0 Å². The smallest absolute Gasteiger partial charge is 0.240 e. The molecule has 0 spiro atoms. The van der Waals surface area contributed by atoms with Crippen LogP contribution in [0.4, 0.5) is 0 Å². The van der Waals surface area contributed by atoms with Crippen molar-refractivity contribution < 1.29 is 13.5 Å². The van der Waals surface area contributed by atoms with Crippen molar-refractivity contribution in [3.8, 4) is 0 Å². The Bertz CT molecular complexity index is 834. The van der Waals surface area contributed by atoms with E-state index in [4.69, 9.17) is 0 Å². The molecule has 1 aliphatic carbocycles. The molecule has 0 radical (unpaired) electrons. The van der Waals surface area contributed by atoms with E-state index in [0.29, 0.717) is 11.4 Å². The van der Waals surface area contributed by atoms with Gasteiger partial charge >= 0.3 is 0 Å². The number of aliphatic hydroxyl groups excluding tert-OH is 1. The largest absolute Gasteiger partial charge is 0.388 e. The number of hydrogen-bond acceptors (Lipinski definition) is 4. The molecule has 1 fully saturated rings. The molecular formula is C19H25NO3S2. The van der Waals surface area contributed by atoms with Crippen LogP contribution in [0.1, 0.15) is 54.0 Å². The Morgan fingerprint density at radius 2 is 1.96 bits per heavy atom. The second-order valence-electron chi connectivity index (χ2n) is 7.01. The number of benzene rings is 1. The SMILES string of the molecule is Cc1cccc(S(=O)(=O)NCC2(c3ccc(C(C)O)s3)CCCC2)c1. The molecule has 4 nitrogen and oxygen atoms in total. The van der Waals surface area contributed by atoms with Crippen LogP contribution in [0.15, 0.2) is 41.3 Å². The van der Waals surface area contributed by atoms with Crippen molar-refractivity contribution in [2.24, 2.45) is 0 Å². The molecule has 1 aromatic heterocycles. The molecule has 1 unspecified atom stereocenters. The van der Waals surface area contributed by atoms with E-state index < -0.39 is 16.1 Å². The molecule has 0 aliphatic heterocycles. The van der Waals surface area contributed by atoms with E-state index in [0.717, 1.165) is 36.1 Å². The van der Waals surface area contributed by atoms with Crippen LogP contribution in [-0.4, -0.2) is 20.1 Å². The minimum Gasteiger partial charge on any atom is -0.388 e. The van der Waals surface area contributed by atoms with Gasteiger partial charge in [-0.3, -0.25) is 0 Å². The summed E-state index contributed by atoms with van der Waals surface area (Å²) in [5, 5.41) is 9.80. The zero-order chi connectivity index (χ0) is 18.1. The molecule has 6 heteroatoms. The Kier molecular flexibility index (Phi) is 5.34. The van der Waals surface area contributed by atoms with Gasteiger partial charge in [0.1, 0.15) is 0 Å². The average molecular weight is 380 g/mol. The first-order chi connectivity index (χ1) is 11.8. The van der Waals surface area contributed by atoms with Crippen molar-refractivity contribution in [2.45, 2.75) is 55.9 Å². The molecule has 136 valence electrons. The van der Waals surface area contributed by atoms with Crippen LogP contribution < -0.4 is 4.72 Å². The van der Waals surface area contributed by atoms with Crippen molar-refractivity contribution >= 4 is 21.4 Å². The molecule has 2 aromatic rings. The lowest BCUT2D eigenvalue weighted by atomic mass is 9.85. The normalized spacial score (nSPS) is 18.4. The Morgan fingerprint density at radius 3 is 2.56 bits per heavy atom. The van der Waals surface area contributed by atoms with Gasteiger partial charge in [-0.15, -0.1) is 11.3 Å². The van der Waals surface area contributed by atoms with Gasteiger partial charge in [0.25, 0.3) is 0 Å². The molecule has 1 atom stereocenters. The third kappa shape index (κ3) is 3.97. The van der Waals surface area contributed by atoms with Gasteiger partial charge in [-0.25, -0.2) is 13.1 Å². The van der Waals surface area contributed by atoms with Gasteiger partial charge in [-0.2, -0.15) is 0 Å². The number of hydrogen-bond donors (Lipinski definition) is 2. The van der Waals surface area contributed by atoms with Crippen LogP contribution in [0.3, 0.4) is 0 Å². The topological polar surface area (TPSA) is 66.4 Å². The third-order valence-corrected chi connectivity index (χ3v) is 7.92. The van der Waals surface area contributed by atoms with Crippen LogP contribution in [0.5, 0.6) is 0 Å². The molecule has 25 heavy (non-hydrogen) atoms. The lowest BCUT2D eigenvalue weighted by Crippen LogP contribution is -2.38. The minimum absolute atomic E-state index is 0.158. The molecule has 1 aromatic carbocycles. The zero-order valence-corrected chi connectivity index (χ0v) is 16.3. The van der Waals surface area contributed by atoms with Gasteiger partial charge < -0.3 is 5.11 Å². The average Bonchev–Trinajstić information content (AvgIpc) is 3.23. The van der Waals surface area contributed by atoms with E-state index in [-0.39, 0.29) is 5.41 Å². The van der Waals surface area contributed by atoms with E-state index in [2.05, 4.69) is 10.8 Å². The maximum atomic E-state index is 12.7. The highest BCUT2D eigenvalue weighted by molar-refractivity contribution is 7.89. The quantitative estimate of drug-likeness (QED) is 0.800. The number of aliphatic hydroxyl groups is 1. The highest BCUT2D eigenvalue weighted by Crippen LogP contribution is 2.44. The Labute approximate surface area is 154 Å². The maximum Gasteiger partial charge on any atom is 0.240 e. The molecule has 3 rings (SSSR count). The molecule has 2 N–H and O–H groups in total. The van der Waals surface area contributed by atoms with E-state index in [1.54, 1.807) is 36.5 Å². The minimum atomic E-state index is -3.52. The standard InChI is InChI=1S/C19H25NO3S2/c1-14-6-5-7-16(12-14)25(22,23)20-13-19(10-3-4-11-19)18-9-8-17(24-18)15(2)21/h5-9,12,15,20-21H,3-4,10-11,13H2,1-2H3. The van der Waals surface area contributed by atoms with Crippen molar-refractivity contribution in [1.82, 2.24) is 4.72 Å². The van der Waals surface area contributed by atoms with Crippen LogP contribution in [-0.2, 0) is 15.4 Å². The first kappa shape index (κ1) is 18.6. The second kappa shape index (κ2) is 7.19. The van der Waals surface area contributed by atoms with E-state index in [1.807, 2.05) is 19.1 Å². The van der Waals surface area contributed by atoms with Crippen LogP contribution >= 0.6 is 11.3 Å². The first-order valence-electron chi connectivity index (χ1n) is 8.67. The van der Waals surface area contributed by atoms with Crippen molar-refractivity contribution in [3.63, 3.8) is 0 Å². The van der Waals surface area contributed by atoms with Gasteiger partial charge in [-0.05, 0) is 56.5 Å². The molecule has 1 saturated carbocycles. The fourth-order valence-corrected chi connectivity index (χ4v) is 5.94. The van der Waals surface area contributed by atoms with E-state index >= 15 is 0 Å². The highest BCUT2D eigenvalue weighted by atomic mass is 32.2. The summed E-state index contributed by atoms with van der Waals surface area (Å²) in [4.78, 5) is 2.42. The fourth-order valence-electron chi connectivity index (χ4n) is 3.52. The Hall–Kier alpha value is -1.21. The predicted octanol–water partition coefficient (Wildman–Crippen LogP) is 3.90. The van der Waals surface area contributed by atoms with Gasteiger partial charge in [0.2, 0.25) is 10.0 Å². The first-order valence-corrected chi connectivity index (χ1v) is 11.0. The fraction of sp³-hybridized carbons (Fsp3) is 0.474. The number of thiophene rings is 1. The Balaban J connectivity index is 1.82. The van der Waals surface area contributed by atoms with Crippen LogP contribution in [0, 0.1) is 6.92 Å². The number of sulfonamides is 1. The molecule has 0 amide bonds. The molecule has 1 aliphatic rings. The summed E-state index contributed by atoms with van der Waals surface area (Å²) in [6.07, 6.45) is 3.68. The summed E-state index contributed by atoms with van der Waals surface area (Å²) in [6.45, 7) is 4.06. The zero-order valence-electron chi connectivity index (χ0n) is 14.7. The van der Waals surface area contributed by atoms with Crippen LogP contribution in [0.2, 0.25) is 0 Å². The number of nitrogens with one attached hydrogen (secondary N) is 1. The lowest BCUT2D eigenvalue weighted by Gasteiger charge is -2.28. The maximum absolute atomic E-state index is 12.7. The van der Waals surface area contributed by atoms with Gasteiger partial charge in [0.05, 0.1) is 11.0 Å². The highest BCUT2D eigenvalue weighted by Gasteiger charge is 2.38. The summed E-state index contributed by atoms with van der Waals surface area (Å²) in [5.41, 5.74) is 0.771. The molecule has 1 heterocycles. The van der Waals surface area contributed by atoms with Gasteiger partial charge in [0, 0.05) is 21.7 Å².